The van der Waals surface area contributed by atoms with Crippen LogP contribution in [0.5, 0.6) is 11.5 Å². The van der Waals surface area contributed by atoms with E-state index in [-0.39, 0.29) is 5.91 Å². The number of ether oxygens (including phenoxy) is 2. The first-order valence-corrected chi connectivity index (χ1v) is 9.75. The van der Waals surface area contributed by atoms with E-state index in [0.29, 0.717) is 17.1 Å². The standard InChI is InChI=1S/C23H28N2O3/c1-27-21-13-8-18(16-22(21)28-2)23(26)25-20-11-9-19(10-12-20)24-15-14-17-6-4-3-5-7-17/h6,8-13,16,24H,3-5,7,14-15H2,1-2H3,(H,25,26). The van der Waals surface area contributed by atoms with E-state index in [1.54, 1.807) is 38.0 Å². The molecule has 28 heavy (non-hydrogen) atoms. The number of methoxy groups -OCH3 is 2. The third-order valence-electron chi connectivity index (χ3n) is 4.95. The Hall–Kier alpha value is -2.95. The van der Waals surface area contributed by atoms with Crippen molar-refractivity contribution >= 4 is 17.3 Å². The highest BCUT2D eigenvalue weighted by atomic mass is 16.5. The lowest BCUT2D eigenvalue weighted by molar-refractivity contribution is 0.102. The zero-order valence-corrected chi connectivity index (χ0v) is 16.6. The summed E-state index contributed by atoms with van der Waals surface area (Å²) in [6.07, 6.45) is 8.59. The van der Waals surface area contributed by atoms with Crippen LogP contribution in [0.2, 0.25) is 0 Å². The molecular weight excluding hydrogens is 352 g/mol. The zero-order chi connectivity index (χ0) is 19.8. The summed E-state index contributed by atoms with van der Waals surface area (Å²) in [6.45, 7) is 0.934. The Bertz CT molecular complexity index is 828. The molecule has 0 spiro atoms. The second-order valence-corrected chi connectivity index (χ2v) is 6.89. The Morgan fingerprint density at radius 3 is 2.39 bits per heavy atom. The largest absolute Gasteiger partial charge is 0.493 e. The molecule has 0 aromatic heterocycles. The van der Waals surface area contributed by atoms with Crippen molar-refractivity contribution in [1.29, 1.82) is 0 Å². The van der Waals surface area contributed by atoms with E-state index in [2.05, 4.69) is 16.7 Å². The monoisotopic (exact) mass is 380 g/mol. The molecule has 0 fully saturated rings. The zero-order valence-electron chi connectivity index (χ0n) is 16.6. The molecular formula is C23H28N2O3. The van der Waals surface area contributed by atoms with Gasteiger partial charge in [-0.1, -0.05) is 11.6 Å². The van der Waals surface area contributed by atoms with Crippen LogP contribution in [-0.4, -0.2) is 26.7 Å². The number of amides is 1. The lowest BCUT2D eigenvalue weighted by Gasteiger charge is -2.14. The van der Waals surface area contributed by atoms with Crippen LogP contribution in [-0.2, 0) is 0 Å². The van der Waals surface area contributed by atoms with Crippen molar-refractivity contribution in [2.24, 2.45) is 0 Å². The molecule has 0 unspecified atom stereocenters. The second-order valence-electron chi connectivity index (χ2n) is 6.89. The highest BCUT2D eigenvalue weighted by molar-refractivity contribution is 6.04. The quantitative estimate of drug-likeness (QED) is 0.614. The molecule has 3 rings (SSSR count). The molecule has 0 saturated heterocycles. The molecule has 0 heterocycles. The van der Waals surface area contributed by atoms with Crippen molar-refractivity contribution < 1.29 is 14.3 Å². The fourth-order valence-electron chi connectivity index (χ4n) is 3.35. The topological polar surface area (TPSA) is 59.6 Å². The van der Waals surface area contributed by atoms with E-state index in [4.69, 9.17) is 9.47 Å². The number of carbonyl (C=O) groups is 1. The molecule has 5 nitrogen and oxygen atoms in total. The molecule has 0 radical (unpaired) electrons. The SMILES string of the molecule is COc1ccc(C(=O)Nc2ccc(NCCC3=CCCCC3)cc2)cc1OC. The van der Waals surface area contributed by atoms with Gasteiger partial charge in [-0.2, -0.15) is 0 Å². The summed E-state index contributed by atoms with van der Waals surface area (Å²) in [7, 11) is 3.12. The van der Waals surface area contributed by atoms with Crippen LogP contribution < -0.4 is 20.1 Å². The Morgan fingerprint density at radius 2 is 1.71 bits per heavy atom. The minimum absolute atomic E-state index is 0.189. The number of benzene rings is 2. The molecule has 148 valence electrons. The summed E-state index contributed by atoms with van der Waals surface area (Å²) < 4.78 is 10.5. The molecule has 0 saturated carbocycles. The number of carbonyl (C=O) groups excluding carboxylic acids is 1. The summed E-state index contributed by atoms with van der Waals surface area (Å²) in [5.41, 5.74) is 3.89. The molecule has 1 aliphatic carbocycles. The van der Waals surface area contributed by atoms with E-state index < -0.39 is 0 Å². The third kappa shape index (κ3) is 5.28. The van der Waals surface area contributed by atoms with Crippen molar-refractivity contribution in [1.82, 2.24) is 0 Å². The first kappa shape index (κ1) is 19.8. The molecule has 0 bridgehead atoms. The highest BCUT2D eigenvalue weighted by Gasteiger charge is 2.11. The fraction of sp³-hybridized carbons (Fsp3) is 0.348. The first-order chi connectivity index (χ1) is 13.7. The summed E-state index contributed by atoms with van der Waals surface area (Å²) in [5.74, 6) is 0.937. The summed E-state index contributed by atoms with van der Waals surface area (Å²) in [5, 5.41) is 6.36. The fourth-order valence-corrected chi connectivity index (χ4v) is 3.35. The van der Waals surface area contributed by atoms with Crippen molar-refractivity contribution in [2.75, 3.05) is 31.4 Å². The maximum Gasteiger partial charge on any atom is 0.255 e. The number of hydrogen-bond acceptors (Lipinski definition) is 4. The minimum Gasteiger partial charge on any atom is -0.493 e. The van der Waals surface area contributed by atoms with Crippen molar-refractivity contribution in [3.63, 3.8) is 0 Å². The Labute approximate surface area is 166 Å². The van der Waals surface area contributed by atoms with Gasteiger partial charge in [0.1, 0.15) is 0 Å². The van der Waals surface area contributed by atoms with Crippen LogP contribution in [0, 0.1) is 0 Å². The number of nitrogens with one attached hydrogen (secondary N) is 2. The number of anilines is 2. The lowest BCUT2D eigenvalue weighted by Crippen LogP contribution is -2.12. The number of allylic oxidation sites excluding steroid dienone is 1. The predicted molar refractivity (Wildman–Crippen MR) is 114 cm³/mol. The maximum absolute atomic E-state index is 12.5. The van der Waals surface area contributed by atoms with Crippen molar-refractivity contribution in [3.8, 4) is 11.5 Å². The molecule has 0 aliphatic heterocycles. The molecule has 5 heteroatoms. The van der Waals surface area contributed by atoms with E-state index in [0.717, 1.165) is 24.3 Å². The van der Waals surface area contributed by atoms with Crippen LogP contribution in [0.15, 0.2) is 54.1 Å². The summed E-state index contributed by atoms with van der Waals surface area (Å²) >= 11 is 0. The van der Waals surface area contributed by atoms with Gasteiger partial charge in [-0.05, 0) is 74.6 Å². The van der Waals surface area contributed by atoms with Gasteiger partial charge >= 0.3 is 0 Å². The minimum atomic E-state index is -0.189. The summed E-state index contributed by atoms with van der Waals surface area (Å²) in [6, 6.07) is 12.9. The predicted octanol–water partition coefficient (Wildman–Crippen LogP) is 5.26. The van der Waals surface area contributed by atoms with Crippen molar-refractivity contribution in [2.45, 2.75) is 32.1 Å². The van der Waals surface area contributed by atoms with Gasteiger partial charge in [-0.15, -0.1) is 0 Å². The molecule has 0 atom stereocenters. The van der Waals surface area contributed by atoms with Gasteiger partial charge in [0.05, 0.1) is 14.2 Å². The Kier molecular flexibility index (Phi) is 6.95. The van der Waals surface area contributed by atoms with Crippen LogP contribution in [0.3, 0.4) is 0 Å². The van der Waals surface area contributed by atoms with Crippen LogP contribution in [0.25, 0.3) is 0 Å². The van der Waals surface area contributed by atoms with Gasteiger partial charge in [-0.3, -0.25) is 4.79 Å². The molecule has 2 aromatic rings. The molecule has 2 aromatic carbocycles. The van der Waals surface area contributed by atoms with Gasteiger partial charge < -0.3 is 20.1 Å². The van der Waals surface area contributed by atoms with E-state index in [1.165, 1.54) is 25.7 Å². The molecule has 1 amide bonds. The average Bonchev–Trinajstić information content (AvgIpc) is 2.75. The van der Waals surface area contributed by atoms with Crippen molar-refractivity contribution in [3.05, 3.63) is 59.7 Å². The van der Waals surface area contributed by atoms with Gasteiger partial charge in [-0.25, -0.2) is 0 Å². The van der Waals surface area contributed by atoms with Gasteiger partial charge in [0.25, 0.3) is 5.91 Å². The number of hydrogen-bond donors (Lipinski definition) is 2. The third-order valence-corrected chi connectivity index (χ3v) is 4.95. The van der Waals surface area contributed by atoms with E-state index in [1.807, 2.05) is 24.3 Å². The van der Waals surface area contributed by atoms with E-state index >= 15 is 0 Å². The normalized spacial score (nSPS) is 13.4. The average molecular weight is 380 g/mol. The summed E-state index contributed by atoms with van der Waals surface area (Å²) in [4.78, 5) is 12.5. The second kappa shape index (κ2) is 9.83. The molecule has 1 aliphatic rings. The maximum atomic E-state index is 12.5. The van der Waals surface area contributed by atoms with Gasteiger partial charge in [0.2, 0.25) is 0 Å². The van der Waals surface area contributed by atoms with E-state index in [9.17, 15) is 4.79 Å². The lowest BCUT2D eigenvalue weighted by atomic mass is 9.97. The van der Waals surface area contributed by atoms with Gasteiger partial charge in [0.15, 0.2) is 11.5 Å². The van der Waals surface area contributed by atoms with Gasteiger partial charge in [0, 0.05) is 23.5 Å². The van der Waals surface area contributed by atoms with Crippen LogP contribution >= 0.6 is 0 Å². The highest BCUT2D eigenvalue weighted by Crippen LogP contribution is 2.28. The van der Waals surface area contributed by atoms with Crippen LogP contribution in [0.1, 0.15) is 42.5 Å². The Morgan fingerprint density at radius 1 is 0.964 bits per heavy atom. The smallest absolute Gasteiger partial charge is 0.255 e. The number of rotatable bonds is 8. The first-order valence-electron chi connectivity index (χ1n) is 9.75. The Balaban J connectivity index is 1.53. The van der Waals surface area contributed by atoms with Crippen LogP contribution in [0.4, 0.5) is 11.4 Å². The molecule has 2 N–H and O–H groups in total.